The van der Waals surface area contributed by atoms with Crippen LogP contribution < -0.4 is 4.74 Å². The third-order valence-electron chi connectivity index (χ3n) is 1.72. The average molecular weight is 230 g/mol. The van der Waals surface area contributed by atoms with Gasteiger partial charge in [0.25, 0.3) is 0 Å². The zero-order valence-electron chi connectivity index (χ0n) is 8.56. The number of carboxylic acid groups (broad SMARTS) is 1. The molecule has 1 aromatic heterocycles. The van der Waals surface area contributed by atoms with E-state index in [-0.39, 0.29) is 4.88 Å². The van der Waals surface area contributed by atoms with Crippen molar-refractivity contribution in [2.75, 3.05) is 19.8 Å². The van der Waals surface area contributed by atoms with Gasteiger partial charge in [-0.2, -0.15) is 0 Å². The summed E-state index contributed by atoms with van der Waals surface area (Å²) in [7, 11) is 0. The van der Waals surface area contributed by atoms with Gasteiger partial charge in [0.1, 0.15) is 5.75 Å². The third kappa shape index (κ3) is 3.89. The normalized spacial score (nSPS) is 10.2. The van der Waals surface area contributed by atoms with E-state index in [1.807, 2.05) is 6.92 Å². The van der Waals surface area contributed by atoms with Crippen molar-refractivity contribution in [3.8, 4) is 5.75 Å². The lowest BCUT2D eigenvalue weighted by molar-refractivity contribution is 0.0697. The topological polar surface area (TPSA) is 55.8 Å². The van der Waals surface area contributed by atoms with E-state index < -0.39 is 5.97 Å². The molecule has 84 valence electrons. The van der Waals surface area contributed by atoms with Gasteiger partial charge in [0.2, 0.25) is 0 Å². The second kappa shape index (κ2) is 6.42. The highest BCUT2D eigenvalue weighted by Crippen LogP contribution is 2.24. The largest absolute Gasteiger partial charge is 0.492 e. The van der Waals surface area contributed by atoms with Crippen LogP contribution in [0.4, 0.5) is 0 Å². The maximum atomic E-state index is 10.7. The van der Waals surface area contributed by atoms with Crippen molar-refractivity contribution in [2.45, 2.75) is 13.3 Å². The molecule has 0 spiro atoms. The van der Waals surface area contributed by atoms with Crippen LogP contribution in [0.1, 0.15) is 23.0 Å². The Morgan fingerprint density at radius 1 is 1.53 bits per heavy atom. The minimum atomic E-state index is -0.940. The molecule has 1 aromatic rings. The minimum Gasteiger partial charge on any atom is -0.492 e. The van der Waals surface area contributed by atoms with Crippen LogP contribution in [0.15, 0.2) is 11.4 Å². The molecular weight excluding hydrogens is 216 g/mol. The van der Waals surface area contributed by atoms with E-state index in [0.29, 0.717) is 25.6 Å². The first-order valence-corrected chi connectivity index (χ1v) is 5.65. The molecule has 0 saturated heterocycles. The summed E-state index contributed by atoms with van der Waals surface area (Å²) in [5.41, 5.74) is 0. The molecule has 1 heterocycles. The first-order chi connectivity index (χ1) is 7.25. The van der Waals surface area contributed by atoms with Gasteiger partial charge in [0.05, 0.1) is 6.61 Å². The molecule has 4 nitrogen and oxygen atoms in total. The number of ether oxygens (including phenoxy) is 2. The Hall–Kier alpha value is -1.07. The fourth-order valence-corrected chi connectivity index (χ4v) is 1.73. The number of carboxylic acids is 1. The molecular formula is C10H14O4S. The number of aromatic carboxylic acids is 1. The molecule has 1 rings (SSSR count). The monoisotopic (exact) mass is 230 g/mol. The van der Waals surface area contributed by atoms with Gasteiger partial charge in [-0.25, -0.2) is 4.79 Å². The van der Waals surface area contributed by atoms with E-state index in [9.17, 15) is 4.79 Å². The molecule has 0 aliphatic heterocycles. The van der Waals surface area contributed by atoms with Gasteiger partial charge >= 0.3 is 5.97 Å². The fourth-order valence-electron chi connectivity index (χ4n) is 1.05. The summed E-state index contributed by atoms with van der Waals surface area (Å²) in [6.07, 6.45) is 0.767. The van der Waals surface area contributed by atoms with Crippen molar-refractivity contribution in [3.05, 3.63) is 16.3 Å². The lowest BCUT2D eigenvalue weighted by atomic mass is 10.4. The van der Waals surface area contributed by atoms with E-state index in [0.717, 1.165) is 6.42 Å². The summed E-state index contributed by atoms with van der Waals surface area (Å²) in [6, 6.07) is 1.68. The number of rotatable bonds is 7. The summed E-state index contributed by atoms with van der Waals surface area (Å²) >= 11 is 1.17. The van der Waals surface area contributed by atoms with Crippen LogP contribution in [0.2, 0.25) is 0 Å². The van der Waals surface area contributed by atoms with Crippen LogP contribution in [0.3, 0.4) is 0 Å². The maximum Gasteiger partial charge on any atom is 0.349 e. The molecule has 0 unspecified atom stereocenters. The van der Waals surface area contributed by atoms with E-state index in [1.54, 1.807) is 11.4 Å². The predicted octanol–water partition coefficient (Wildman–Crippen LogP) is 2.25. The fraction of sp³-hybridized carbons (Fsp3) is 0.500. The molecule has 0 aromatic carbocycles. The third-order valence-corrected chi connectivity index (χ3v) is 2.60. The van der Waals surface area contributed by atoms with Crippen molar-refractivity contribution in [1.29, 1.82) is 0 Å². The zero-order chi connectivity index (χ0) is 11.1. The summed E-state index contributed by atoms with van der Waals surface area (Å²) < 4.78 is 10.5. The summed E-state index contributed by atoms with van der Waals surface area (Å²) in [4.78, 5) is 11.0. The molecule has 1 N–H and O–H groups in total. The SMILES string of the molecule is CCOCCCOc1ccsc1C(=O)O. The van der Waals surface area contributed by atoms with E-state index in [2.05, 4.69) is 0 Å². The molecule has 0 bridgehead atoms. The Balaban J connectivity index is 2.31. The molecule has 0 aliphatic carbocycles. The lowest BCUT2D eigenvalue weighted by Gasteiger charge is -2.05. The van der Waals surface area contributed by atoms with Gasteiger partial charge in [-0.05, 0) is 18.4 Å². The van der Waals surface area contributed by atoms with Crippen molar-refractivity contribution in [2.24, 2.45) is 0 Å². The van der Waals surface area contributed by atoms with Gasteiger partial charge in [-0.3, -0.25) is 0 Å². The molecule has 0 amide bonds. The highest BCUT2D eigenvalue weighted by Gasteiger charge is 2.12. The Kier molecular flexibility index (Phi) is 5.14. The van der Waals surface area contributed by atoms with Crippen LogP contribution >= 0.6 is 11.3 Å². The summed E-state index contributed by atoms with van der Waals surface area (Å²) in [5, 5.41) is 10.5. The second-order valence-electron chi connectivity index (χ2n) is 2.82. The van der Waals surface area contributed by atoms with Gasteiger partial charge < -0.3 is 14.6 Å². The highest BCUT2D eigenvalue weighted by atomic mass is 32.1. The van der Waals surface area contributed by atoms with Gasteiger partial charge in [0.15, 0.2) is 4.88 Å². The number of hydrogen-bond donors (Lipinski definition) is 1. The zero-order valence-corrected chi connectivity index (χ0v) is 9.38. The minimum absolute atomic E-state index is 0.256. The first-order valence-electron chi connectivity index (χ1n) is 4.77. The number of thiophene rings is 1. The van der Waals surface area contributed by atoms with E-state index in [4.69, 9.17) is 14.6 Å². The molecule has 0 fully saturated rings. The van der Waals surface area contributed by atoms with Crippen molar-refractivity contribution >= 4 is 17.3 Å². The van der Waals surface area contributed by atoms with E-state index >= 15 is 0 Å². The van der Waals surface area contributed by atoms with Crippen LogP contribution in [-0.4, -0.2) is 30.9 Å². The smallest absolute Gasteiger partial charge is 0.349 e. The number of carbonyl (C=O) groups is 1. The van der Waals surface area contributed by atoms with Crippen molar-refractivity contribution in [3.63, 3.8) is 0 Å². The summed E-state index contributed by atoms with van der Waals surface area (Å²) in [6.45, 7) is 3.75. The Morgan fingerprint density at radius 2 is 2.33 bits per heavy atom. The molecule has 0 radical (unpaired) electrons. The standard InChI is InChI=1S/C10H14O4S/c1-2-13-5-3-6-14-8-4-7-15-9(8)10(11)12/h4,7H,2-3,5-6H2,1H3,(H,11,12). The molecule has 0 atom stereocenters. The highest BCUT2D eigenvalue weighted by molar-refractivity contribution is 7.12. The summed E-state index contributed by atoms with van der Waals surface area (Å²) in [5.74, 6) is -0.492. The average Bonchev–Trinajstić information content (AvgIpc) is 2.66. The lowest BCUT2D eigenvalue weighted by Crippen LogP contribution is -2.04. The maximum absolute atomic E-state index is 10.7. The van der Waals surface area contributed by atoms with Gasteiger partial charge in [0, 0.05) is 19.6 Å². The molecule has 5 heteroatoms. The van der Waals surface area contributed by atoms with Crippen molar-refractivity contribution < 1.29 is 19.4 Å². The Morgan fingerprint density at radius 3 is 3.00 bits per heavy atom. The Labute approximate surface area is 92.4 Å². The first kappa shape index (κ1) is 12.0. The Bertz CT molecular complexity index is 308. The molecule has 0 aliphatic rings. The van der Waals surface area contributed by atoms with Crippen LogP contribution in [-0.2, 0) is 4.74 Å². The van der Waals surface area contributed by atoms with Gasteiger partial charge in [-0.1, -0.05) is 0 Å². The van der Waals surface area contributed by atoms with Crippen LogP contribution in [0, 0.1) is 0 Å². The molecule has 15 heavy (non-hydrogen) atoms. The quantitative estimate of drug-likeness (QED) is 0.730. The van der Waals surface area contributed by atoms with Crippen LogP contribution in [0.25, 0.3) is 0 Å². The second-order valence-corrected chi connectivity index (χ2v) is 3.73. The molecule has 0 saturated carbocycles. The van der Waals surface area contributed by atoms with Crippen LogP contribution in [0.5, 0.6) is 5.75 Å². The van der Waals surface area contributed by atoms with Crippen molar-refractivity contribution in [1.82, 2.24) is 0 Å². The van der Waals surface area contributed by atoms with E-state index in [1.165, 1.54) is 11.3 Å². The predicted molar refractivity (Wildman–Crippen MR) is 57.9 cm³/mol. The van der Waals surface area contributed by atoms with Gasteiger partial charge in [-0.15, -0.1) is 11.3 Å². The number of hydrogen-bond acceptors (Lipinski definition) is 4.